The summed E-state index contributed by atoms with van der Waals surface area (Å²) in [5, 5.41) is 14.3. The summed E-state index contributed by atoms with van der Waals surface area (Å²) in [4.78, 5) is 13.7. The molecule has 6 aromatic carbocycles. The molecule has 6 rings (SSSR count). The van der Waals surface area contributed by atoms with E-state index in [9.17, 15) is 9.90 Å². The quantitative estimate of drug-likeness (QED) is 0.227. The summed E-state index contributed by atoms with van der Waals surface area (Å²) in [6.45, 7) is 4.41. The second kappa shape index (κ2) is 10.7. The molecule has 0 saturated carbocycles. The maximum atomic E-state index is 11.3. The fourth-order valence-electron chi connectivity index (χ4n) is 5.71. The van der Waals surface area contributed by atoms with Crippen molar-refractivity contribution in [3.63, 3.8) is 0 Å². The predicted molar refractivity (Wildman–Crippen MR) is 167 cm³/mol. The number of anilines is 3. The fraction of sp³-hybridized carbons (Fsp3) is 0.108. The first-order valence-electron chi connectivity index (χ1n) is 13.8. The van der Waals surface area contributed by atoms with Crippen LogP contribution >= 0.6 is 0 Å². The summed E-state index contributed by atoms with van der Waals surface area (Å²) in [5.41, 5.74) is 8.33. The van der Waals surface area contributed by atoms with Crippen LogP contribution < -0.4 is 4.90 Å². The van der Waals surface area contributed by atoms with Gasteiger partial charge >= 0.3 is 5.97 Å². The van der Waals surface area contributed by atoms with Crippen molar-refractivity contribution >= 4 is 44.6 Å². The third kappa shape index (κ3) is 4.50. The highest BCUT2D eigenvalue weighted by Gasteiger charge is 2.19. The Kier molecular flexibility index (Phi) is 6.79. The Morgan fingerprint density at radius 1 is 0.550 bits per heavy atom. The molecule has 0 saturated heterocycles. The highest BCUT2D eigenvalue weighted by atomic mass is 16.4. The molecule has 0 amide bonds. The van der Waals surface area contributed by atoms with Gasteiger partial charge in [0.2, 0.25) is 0 Å². The third-order valence-electron chi connectivity index (χ3n) is 7.82. The molecule has 1 N–H and O–H groups in total. The first-order chi connectivity index (χ1) is 19.6. The lowest BCUT2D eigenvalue weighted by molar-refractivity contribution is 0.0697. The van der Waals surface area contributed by atoms with Gasteiger partial charge in [-0.3, -0.25) is 0 Å². The molecule has 0 fully saturated rings. The van der Waals surface area contributed by atoms with Crippen molar-refractivity contribution in [3.05, 3.63) is 138 Å². The standard InChI is InChI=1S/C37H31NO2/c1-3-25-19-23-35(33-11-7-5-9-31(25)33)38(36-24-20-26(4-2)32-10-6-8-12-34(32)36)30-21-17-28(18-22-30)27-13-15-29(16-14-27)37(39)40/h5-24H,3-4H2,1-2H3,(H,39,40). The third-order valence-corrected chi connectivity index (χ3v) is 7.82. The summed E-state index contributed by atoms with van der Waals surface area (Å²) in [6.07, 6.45) is 1.95. The number of carboxylic acids is 1. The van der Waals surface area contributed by atoms with E-state index in [1.807, 2.05) is 12.1 Å². The largest absolute Gasteiger partial charge is 0.478 e. The van der Waals surface area contributed by atoms with E-state index in [0.717, 1.165) is 41.0 Å². The highest BCUT2D eigenvalue weighted by Crippen LogP contribution is 2.43. The van der Waals surface area contributed by atoms with Gasteiger partial charge in [-0.25, -0.2) is 4.79 Å². The normalized spacial score (nSPS) is 11.2. The Morgan fingerprint density at radius 2 is 0.975 bits per heavy atom. The number of aromatic carboxylic acids is 1. The molecular formula is C37H31NO2. The molecule has 40 heavy (non-hydrogen) atoms. The average molecular weight is 522 g/mol. The van der Waals surface area contributed by atoms with Crippen LogP contribution in [0.2, 0.25) is 0 Å². The van der Waals surface area contributed by atoms with Crippen molar-refractivity contribution < 1.29 is 9.90 Å². The van der Waals surface area contributed by atoms with E-state index in [0.29, 0.717) is 0 Å². The maximum absolute atomic E-state index is 11.3. The number of hydrogen-bond donors (Lipinski definition) is 1. The van der Waals surface area contributed by atoms with Gasteiger partial charge in [-0.2, -0.15) is 0 Å². The van der Waals surface area contributed by atoms with Gasteiger partial charge in [0.25, 0.3) is 0 Å². The molecule has 0 bridgehead atoms. The highest BCUT2D eigenvalue weighted by molar-refractivity contribution is 6.06. The summed E-state index contributed by atoms with van der Waals surface area (Å²) in [6, 6.07) is 41.9. The lowest BCUT2D eigenvalue weighted by Gasteiger charge is -2.29. The average Bonchev–Trinajstić information content (AvgIpc) is 3.01. The second-order valence-corrected chi connectivity index (χ2v) is 10.1. The van der Waals surface area contributed by atoms with Gasteiger partial charge < -0.3 is 10.0 Å². The molecule has 3 heteroatoms. The monoisotopic (exact) mass is 521 g/mol. The zero-order chi connectivity index (χ0) is 27.6. The first kappa shape index (κ1) is 25.4. The number of carbonyl (C=O) groups is 1. The van der Waals surface area contributed by atoms with E-state index >= 15 is 0 Å². The van der Waals surface area contributed by atoms with E-state index in [-0.39, 0.29) is 5.56 Å². The topological polar surface area (TPSA) is 40.5 Å². The van der Waals surface area contributed by atoms with Gasteiger partial charge in [0.15, 0.2) is 0 Å². The number of carboxylic acid groups (broad SMARTS) is 1. The molecule has 0 radical (unpaired) electrons. The summed E-state index contributed by atoms with van der Waals surface area (Å²) in [7, 11) is 0. The Morgan fingerprint density at radius 3 is 1.40 bits per heavy atom. The van der Waals surface area contributed by atoms with Crippen LogP contribution in [0.1, 0.15) is 35.3 Å². The van der Waals surface area contributed by atoms with Crippen molar-refractivity contribution in [1.82, 2.24) is 0 Å². The summed E-state index contributed by atoms with van der Waals surface area (Å²) < 4.78 is 0. The van der Waals surface area contributed by atoms with Crippen LogP contribution in [-0.4, -0.2) is 11.1 Å². The van der Waals surface area contributed by atoms with Gasteiger partial charge in [0, 0.05) is 16.5 Å². The van der Waals surface area contributed by atoms with Crippen molar-refractivity contribution in [2.24, 2.45) is 0 Å². The molecule has 0 unspecified atom stereocenters. The minimum Gasteiger partial charge on any atom is -0.478 e. The van der Waals surface area contributed by atoms with E-state index in [1.54, 1.807) is 12.1 Å². The summed E-state index contributed by atoms with van der Waals surface area (Å²) in [5.74, 6) is -0.917. The Balaban J connectivity index is 1.55. The predicted octanol–water partition coefficient (Wildman–Crippen LogP) is 9.95. The molecule has 0 aliphatic heterocycles. The molecule has 6 aromatic rings. The molecule has 196 valence electrons. The maximum Gasteiger partial charge on any atom is 0.335 e. The van der Waals surface area contributed by atoms with Crippen LogP contribution in [0.5, 0.6) is 0 Å². The Hall–Kier alpha value is -4.89. The van der Waals surface area contributed by atoms with E-state index < -0.39 is 5.97 Å². The SMILES string of the molecule is CCc1ccc(N(c2ccc(-c3ccc(C(=O)O)cc3)cc2)c2ccc(CC)c3ccccc23)c2ccccc12. The van der Waals surface area contributed by atoms with Gasteiger partial charge in [-0.15, -0.1) is 0 Å². The lowest BCUT2D eigenvalue weighted by Crippen LogP contribution is -2.11. The molecule has 3 nitrogen and oxygen atoms in total. The Labute approximate surface area is 235 Å². The second-order valence-electron chi connectivity index (χ2n) is 10.1. The zero-order valence-corrected chi connectivity index (χ0v) is 22.8. The molecule has 0 atom stereocenters. The smallest absolute Gasteiger partial charge is 0.335 e. The molecule has 0 aromatic heterocycles. The van der Waals surface area contributed by atoms with Crippen LogP contribution in [0.25, 0.3) is 32.7 Å². The van der Waals surface area contributed by atoms with Crippen LogP contribution in [0, 0.1) is 0 Å². The first-order valence-corrected chi connectivity index (χ1v) is 13.8. The van der Waals surface area contributed by atoms with Crippen LogP contribution in [0.4, 0.5) is 17.1 Å². The van der Waals surface area contributed by atoms with Crippen LogP contribution in [0.15, 0.2) is 121 Å². The van der Waals surface area contributed by atoms with Crippen molar-refractivity contribution in [1.29, 1.82) is 0 Å². The Bertz CT molecular complexity index is 1750. The zero-order valence-electron chi connectivity index (χ0n) is 22.8. The fourth-order valence-corrected chi connectivity index (χ4v) is 5.71. The van der Waals surface area contributed by atoms with E-state index in [1.165, 1.54) is 32.7 Å². The minimum atomic E-state index is -0.917. The van der Waals surface area contributed by atoms with Crippen LogP contribution in [-0.2, 0) is 12.8 Å². The number of nitrogens with zero attached hydrogens (tertiary/aromatic N) is 1. The van der Waals surface area contributed by atoms with E-state index in [2.05, 4.69) is 116 Å². The molecule has 0 spiro atoms. The minimum absolute atomic E-state index is 0.288. The van der Waals surface area contributed by atoms with Gasteiger partial charge in [-0.1, -0.05) is 98.8 Å². The number of benzene rings is 6. The lowest BCUT2D eigenvalue weighted by atomic mass is 9.97. The number of aryl methyl sites for hydroxylation is 2. The van der Waals surface area contributed by atoms with E-state index in [4.69, 9.17) is 0 Å². The molecule has 0 aliphatic carbocycles. The number of fused-ring (bicyclic) bond motifs is 2. The van der Waals surface area contributed by atoms with Crippen LogP contribution in [0.3, 0.4) is 0 Å². The van der Waals surface area contributed by atoms with Crippen molar-refractivity contribution in [2.45, 2.75) is 26.7 Å². The van der Waals surface area contributed by atoms with Crippen molar-refractivity contribution in [3.8, 4) is 11.1 Å². The van der Waals surface area contributed by atoms with Gasteiger partial charge in [0.05, 0.1) is 16.9 Å². The van der Waals surface area contributed by atoms with Gasteiger partial charge in [-0.05, 0) is 82.3 Å². The summed E-state index contributed by atoms with van der Waals surface area (Å²) >= 11 is 0. The van der Waals surface area contributed by atoms with Gasteiger partial charge in [0.1, 0.15) is 0 Å². The van der Waals surface area contributed by atoms with Crippen molar-refractivity contribution in [2.75, 3.05) is 4.90 Å². The molecule has 0 aliphatic rings. The number of hydrogen-bond acceptors (Lipinski definition) is 2. The molecule has 0 heterocycles. The number of rotatable bonds is 7. The molecular weight excluding hydrogens is 490 g/mol.